The van der Waals surface area contributed by atoms with Gasteiger partial charge in [-0.2, -0.15) is 0 Å². The van der Waals surface area contributed by atoms with Crippen LogP contribution in [-0.4, -0.2) is 29.7 Å². The smallest absolute Gasteiger partial charge is 0.330 e. The molecular formula is C15H19NO4. The first-order valence-electron chi connectivity index (χ1n) is 6.83. The molecule has 1 fully saturated rings. The van der Waals surface area contributed by atoms with E-state index in [1.165, 1.54) is 0 Å². The van der Waals surface area contributed by atoms with Gasteiger partial charge in [-0.05, 0) is 18.4 Å². The van der Waals surface area contributed by atoms with Crippen molar-refractivity contribution in [3.63, 3.8) is 0 Å². The summed E-state index contributed by atoms with van der Waals surface area (Å²) in [5.41, 5.74) is 0.570. The molecule has 20 heavy (non-hydrogen) atoms. The van der Waals surface area contributed by atoms with Crippen LogP contribution in [0.15, 0.2) is 30.3 Å². The molecule has 0 aromatic heterocycles. The zero-order valence-electron chi connectivity index (χ0n) is 11.4. The molecule has 0 spiro atoms. The lowest BCUT2D eigenvalue weighted by Gasteiger charge is -2.20. The zero-order valence-corrected chi connectivity index (χ0v) is 11.4. The van der Waals surface area contributed by atoms with Crippen LogP contribution >= 0.6 is 0 Å². The highest BCUT2D eigenvalue weighted by atomic mass is 16.5. The van der Waals surface area contributed by atoms with Gasteiger partial charge in [0, 0.05) is 6.61 Å². The van der Waals surface area contributed by atoms with Crippen LogP contribution in [0.1, 0.15) is 31.4 Å². The number of carboxylic acids is 1. The summed E-state index contributed by atoms with van der Waals surface area (Å²) < 4.78 is 5.48. The molecule has 5 heteroatoms. The van der Waals surface area contributed by atoms with Crippen LogP contribution in [-0.2, 0) is 14.3 Å². The molecule has 1 aliphatic rings. The van der Waals surface area contributed by atoms with Crippen molar-refractivity contribution in [2.24, 2.45) is 5.92 Å². The third kappa shape index (κ3) is 3.17. The fourth-order valence-electron chi connectivity index (χ4n) is 2.53. The van der Waals surface area contributed by atoms with Gasteiger partial charge in [-0.25, -0.2) is 4.79 Å². The SMILES string of the molecule is CCC1OCCC1C(=O)N[C@@H](C(=O)O)c1ccccc1. The largest absolute Gasteiger partial charge is 0.479 e. The Kier molecular flexibility index (Phi) is 4.74. The van der Waals surface area contributed by atoms with E-state index in [0.717, 1.165) is 6.42 Å². The second-order valence-electron chi connectivity index (χ2n) is 4.90. The summed E-state index contributed by atoms with van der Waals surface area (Å²) in [6.07, 6.45) is 1.28. The fraction of sp³-hybridized carbons (Fsp3) is 0.467. The second kappa shape index (κ2) is 6.52. The highest BCUT2D eigenvalue weighted by molar-refractivity contribution is 5.86. The van der Waals surface area contributed by atoms with Crippen molar-refractivity contribution in [2.75, 3.05) is 6.61 Å². The third-order valence-corrected chi connectivity index (χ3v) is 3.62. The van der Waals surface area contributed by atoms with E-state index in [1.807, 2.05) is 13.0 Å². The maximum Gasteiger partial charge on any atom is 0.330 e. The topological polar surface area (TPSA) is 75.6 Å². The van der Waals surface area contributed by atoms with E-state index in [2.05, 4.69) is 5.32 Å². The van der Waals surface area contributed by atoms with Crippen LogP contribution in [0.25, 0.3) is 0 Å². The first-order valence-corrected chi connectivity index (χ1v) is 6.83. The molecule has 3 atom stereocenters. The molecule has 1 saturated heterocycles. The van der Waals surface area contributed by atoms with Crippen molar-refractivity contribution < 1.29 is 19.4 Å². The Bertz CT molecular complexity index is 474. The van der Waals surface area contributed by atoms with Crippen molar-refractivity contribution in [1.82, 2.24) is 5.32 Å². The Hall–Kier alpha value is -1.88. The van der Waals surface area contributed by atoms with Crippen LogP contribution in [0.2, 0.25) is 0 Å². The minimum Gasteiger partial charge on any atom is -0.479 e. The van der Waals surface area contributed by atoms with Gasteiger partial charge in [-0.15, -0.1) is 0 Å². The number of ether oxygens (including phenoxy) is 1. The van der Waals surface area contributed by atoms with Crippen molar-refractivity contribution in [2.45, 2.75) is 31.9 Å². The van der Waals surface area contributed by atoms with Crippen LogP contribution in [0.4, 0.5) is 0 Å². The molecule has 1 heterocycles. The summed E-state index contributed by atoms with van der Waals surface area (Å²) in [4.78, 5) is 23.6. The van der Waals surface area contributed by atoms with E-state index in [4.69, 9.17) is 4.74 Å². The second-order valence-corrected chi connectivity index (χ2v) is 4.90. The summed E-state index contributed by atoms with van der Waals surface area (Å²) in [7, 11) is 0. The van der Waals surface area contributed by atoms with Crippen LogP contribution < -0.4 is 5.32 Å². The monoisotopic (exact) mass is 277 g/mol. The minimum absolute atomic E-state index is 0.111. The van der Waals surface area contributed by atoms with Crippen molar-refractivity contribution in [1.29, 1.82) is 0 Å². The number of carbonyl (C=O) groups is 2. The molecule has 1 aliphatic heterocycles. The molecule has 1 amide bonds. The van der Waals surface area contributed by atoms with E-state index in [9.17, 15) is 14.7 Å². The highest BCUT2D eigenvalue weighted by Crippen LogP contribution is 2.24. The average Bonchev–Trinajstić information content (AvgIpc) is 2.93. The van der Waals surface area contributed by atoms with Crippen molar-refractivity contribution >= 4 is 11.9 Å². The number of carbonyl (C=O) groups excluding carboxylic acids is 1. The maximum absolute atomic E-state index is 12.2. The Morgan fingerprint density at radius 2 is 2.10 bits per heavy atom. The predicted molar refractivity (Wildman–Crippen MR) is 73.1 cm³/mol. The Balaban J connectivity index is 2.09. The molecule has 2 N–H and O–H groups in total. The first-order chi connectivity index (χ1) is 9.63. The summed E-state index contributed by atoms with van der Waals surface area (Å²) in [5, 5.41) is 11.9. The fourth-order valence-corrected chi connectivity index (χ4v) is 2.53. The lowest BCUT2D eigenvalue weighted by atomic mass is 9.97. The number of rotatable bonds is 5. The van der Waals surface area contributed by atoms with Crippen molar-refractivity contribution in [3.05, 3.63) is 35.9 Å². The molecule has 1 aromatic carbocycles. The van der Waals surface area contributed by atoms with Gasteiger partial charge in [-0.3, -0.25) is 4.79 Å². The number of carboxylic acid groups (broad SMARTS) is 1. The van der Waals surface area contributed by atoms with Gasteiger partial charge < -0.3 is 15.2 Å². The molecule has 0 radical (unpaired) electrons. The van der Waals surface area contributed by atoms with Crippen molar-refractivity contribution in [3.8, 4) is 0 Å². The van der Waals surface area contributed by atoms with Crippen LogP contribution in [0.5, 0.6) is 0 Å². The third-order valence-electron chi connectivity index (χ3n) is 3.62. The van der Waals surface area contributed by atoms with Gasteiger partial charge in [0.1, 0.15) is 0 Å². The number of hydrogen-bond donors (Lipinski definition) is 2. The number of nitrogens with one attached hydrogen (secondary N) is 1. The number of amides is 1. The van der Waals surface area contributed by atoms with E-state index >= 15 is 0 Å². The number of benzene rings is 1. The maximum atomic E-state index is 12.2. The summed E-state index contributed by atoms with van der Waals surface area (Å²) in [6, 6.07) is 7.70. The zero-order chi connectivity index (χ0) is 14.5. The molecule has 2 unspecified atom stereocenters. The lowest BCUT2D eigenvalue weighted by Crippen LogP contribution is -2.40. The van der Waals surface area contributed by atoms with Gasteiger partial charge in [0.2, 0.25) is 5.91 Å². The molecule has 0 aliphatic carbocycles. The van der Waals surface area contributed by atoms with Gasteiger partial charge >= 0.3 is 5.97 Å². The van der Waals surface area contributed by atoms with E-state index in [0.29, 0.717) is 18.6 Å². The van der Waals surface area contributed by atoms with E-state index in [1.54, 1.807) is 24.3 Å². The Labute approximate surface area is 117 Å². The normalized spacial score (nSPS) is 23.2. The molecule has 108 valence electrons. The quantitative estimate of drug-likeness (QED) is 0.859. The average molecular weight is 277 g/mol. The van der Waals surface area contributed by atoms with E-state index < -0.39 is 12.0 Å². The molecule has 2 rings (SSSR count). The van der Waals surface area contributed by atoms with Gasteiger partial charge in [0.05, 0.1) is 12.0 Å². The van der Waals surface area contributed by atoms with Gasteiger partial charge in [0.25, 0.3) is 0 Å². The highest BCUT2D eigenvalue weighted by Gasteiger charge is 2.35. The molecule has 0 saturated carbocycles. The standard InChI is InChI=1S/C15H19NO4/c1-2-12-11(8-9-20-12)14(17)16-13(15(18)19)10-6-4-3-5-7-10/h3-7,11-13H,2,8-9H2,1H3,(H,16,17)(H,18,19)/t11?,12?,13-/m1/s1. The van der Waals surface area contributed by atoms with Crippen LogP contribution in [0.3, 0.4) is 0 Å². The summed E-state index contributed by atoms with van der Waals surface area (Å²) >= 11 is 0. The minimum atomic E-state index is -1.06. The van der Waals surface area contributed by atoms with E-state index in [-0.39, 0.29) is 17.9 Å². The Morgan fingerprint density at radius 3 is 2.70 bits per heavy atom. The molecule has 0 bridgehead atoms. The summed E-state index contributed by atoms with van der Waals surface area (Å²) in [5.74, 6) is -1.56. The molecule has 1 aromatic rings. The molecular weight excluding hydrogens is 258 g/mol. The number of aliphatic carboxylic acids is 1. The Morgan fingerprint density at radius 1 is 1.40 bits per heavy atom. The van der Waals surface area contributed by atoms with Crippen LogP contribution in [0, 0.1) is 5.92 Å². The van der Waals surface area contributed by atoms with Gasteiger partial charge in [-0.1, -0.05) is 37.3 Å². The lowest BCUT2D eigenvalue weighted by molar-refractivity contribution is -0.143. The first kappa shape index (κ1) is 14.5. The van der Waals surface area contributed by atoms with Gasteiger partial charge in [0.15, 0.2) is 6.04 Å². The molecule has 5 nitrogen and oxygen atoms in total. The predicted octanol–water partition coefficient (Wildman–Crippen LogP) is 1.74. The summed E-state index contributed by atoms with van der Waals surface area (Å²) in [6.45, 7) is 2.52. The number of hydrogen-bond acceptors (Lipinski definition) is 3.